The zero-order chi connectivity index (χ0) is 33.3. The predicted octanol–water partition coefficient (Wildman–Crippen LogP) is 6.06. The van der Waals surface area contributed by atoms with Crippen LogP contribution in [0, 0.1) is 13.8 Å². The van der Waals surface area contributed by atoms with E-state index in [4.69, 9.17) is 4.74 Å². The van der Waals surface area contributed by atoms with Gasteiger partial charge in [-0.1, -0.05) is 73.7 Å². The van der Waals surface area contributed by atoms with Crippen LogP contribution in [0.5, 0.6) is 5.75 Å². The quantitative estimate of drug-likeness (QED) is 0.181. The molecule has 0 aliphatic rings. The van der Waals surface area contributed by atoms with Crippen LogP contribution in [0.1, 0.15) is 42.5 Å². The van der Waals surface area contributed by atoms with Gasteiger partial charge in [-0.2, -0.15) is 0 Å². The number of carbonyl (C=O) groups excluding carboxylic acids is 2. The van der Waals surface area contributed by atoms with Gasteiger partial charge in [-0.15, -0.1) is 0 Å². The Morgan fingerprint density at radius 1 is 0.826 bits per heavy atom. The third-order valence-corrected chi connectivity index (χ3v) is 9.65. The van der Waals surface area contributed by atoms with E-state index in [1.54, 1.807) is 43.5 Å². The van der Waals surface area contributed by atoms with Crippen molar-refractivity contribution >= 4 is 27.5 Å². The average Bonchev–Trinajstić information content (AvgIpc) is 3.05. The van der Waals surface area contributed by atoms with Crippen LogP contribution < -0.4 is 14.4 Å². The second-order valence-corrected chi connectivity index (χ2v) is 13.4. The molecule has 0 unspecified atom stereocenters. The van der Waals surface area contributed by atoms with Crippen LogP contribution in [0.25, 0.3) is 0 Å². The molecule has 46 heavy (non-hydrogen) atoms. The maximum absolute atomic E-state index is 14.6. The van der Waals surface area contributed by atoms with Gasteiger partial charge in [-0.3, -0.25) is 13.9 Å². The number of ether oxygens (including phenoxy) is 1. The standard InChI is InChI=1S/C37H43N3O5S/c1-6-29(4)38-37(42)35(24-30-14-9-7-10-15-30)39(25-31-16-13-17-33(23-31)45-5)36(41)26-40(32-21-27(2)20-28(3)22-32)46(43,44)34-18-11-8-12-19-34/h7-23,29,35H,6,24-26H2,1-5H3,(H,38,42)/t29-,35-/m1/s1. The number of methoxy groups -OCH3 is 1. The van der Waals surface area contributed by atoms with E-state index in [9.17, 15) is 18.0 Å². The summed E-state index contributed by atoms with van der Waals surface area (Å²) in [6.45, 7) is 7.22. The fourth-order valence-corrected chi connectivity index (χ4v) is 6.72. The molecule has 1 N–H and O–H groups in total. The highest BCUT2D eigenvalue weighted by atomic mass is 32.2. The minimum absolute atomic E-state index is 0.0630. The number of anilines is 1. The first-order chi connectivity index (χ1) is 22.0. The molecule has 0 aromatic heterocycles. The lowest BCUT2D eigenvalue weighted by Crippen LogP contribution is -2.54. The summed E-state index contributed by atoms with van der Waals surface area (Å²) in [6.07, 6.45) is 0.956. The summed E-state index contributed by atoms with van der Waals surface area (Å²) in [7, 11) is -2.60. The second kappa shape index (κ2) is 15.6. The van der Waals surface area contributed by atoms with Gasteiger partial charge in [-0.25, -0.2) is 8.42 Å². The zero-order valence-corrected chi connectivity index (χ0v) is 28.0. The van der Waals surface area contributed by atoms with E-state index in [0.29, 0.717) is 17.9 Å². The van der Waals surface area contributed by atoms with Crippen LogP contribution in [-0.4, -0.2) is 50.9 Å². The molecule has 4 aromatic rings. The Morgan fingerprint density at radius 2 is 1.43 bits per heavy atom. The van der Waals surface area contributed by atoms with Gasteiger partial charge < -0.3 is 15.0 Å². The summed E-state index contributed by atoms with van der Waals surface area (Å²) in [4.78, 5) is 30.2. The maximum Gasteiger partial charge on any atom is 0.264 e. The monoisotopic (exact) mass is 641 g/mol. The highest BCUT2D eigenvalue weighted by molar-refractivity contribution is 7.92. The molecular weight excluding hydrogens is 598 g/mol. The third kappa shape index (κ3) is 8.75. The molecule has 0 heterocycles. The molecule has 0 bridgehead atoms. The molecule has 0 radical (unpaired) electrons. The van der Waals surface area contributed by atoms with Gasteiger partial charge >= 0.3 is 0 Å². The molecule has 0 saturated heterocycles. The lowest BCUT2D eigenvalue weighted by atomic mass is 10.0. The van der Waals surface area contributed by atoms with Crippen molar-refractivity contribution in [3.63, 3.8) is 0 Å². The van der Waals surface area contributed by atoms with Gasteiger partial charge in [-0.05, 0) is 85.8 Å². The van der Waals surface area contributed by atoms with Crippen molar-refractivity contribution < 1.29 is 22.7 Å². The lowest BCUT2D eigenvalue weighted by Gasteiger charge is -2.34. The van der Waals surface area contributed by atoms with Gasteiger partial charge in [0.2, 0.25) is 11.8 Å². The number of hydrogen-bond acceptors (Lipinski definition) is 5. The van der Waals surface area contributed by atoms with E-state index in [-0.39, 0.29) is 29.8 Å². The molecule has 8 nitrogen and oxygen atoms in total. The van der Waals surface area contributed by atoms with Crippen molar-refractivity contribution in [3.05, 3.63) is 125 Å². The number of nitrogens with zero attached hydrogens (tertiary/aromatic N) is 2. The van der Waals surface area contributed by atoms with Crippen molar-refractivity contribution in [3.8, 4) is 5.75 Å². The van der Waals surface area contributed by atoms with Crippen LogP contribution in [0.4, 0.5) is 5.69 Å². The highest BCUT2D eigenvalue weighted by Crippen LogP contribution is 2.27. The van der Waals surface area contributed by atoms with E-state index in [1.165, 1.54) is 17.0 Å². The van der Waals surface area contributed by atoms with Gasteiger partial charge in [0, 0.05) is 19.0 Å². The summed E-state index contributed by atoms with van der Waals surface area (Å²) < 4.78 is 35.0. The topological polar surface area (TPSA) is 96.0 Å². The molecule has 2 atom stereocenters. The summed E-state index contributed by atoms with van der Waals surface area (Å²) in [5.41, 5.74) is 3.71. The van der Waals surface area contributed by atoms with Crippen molar-refractivity contribution in [2.45, 2.75) is 64.1 Å². The summed E-state index contributed by atoms with van der Waals surface area (Å²) >= 11 is 0. The highest BCUT2D eigenvalue weighted by Gasteiger charge is 2.35. The predicted molar refractivity (Wildman–Crippen MR) is 182 cm³/mol. The first-order valence-electron chi connectivity index (χ1n) is 15.4. The summed E-state index contributed by atoms with van der Waals surface area (Å²) in [6, 6.07) is 29.3. The van der Waals surface area contributed by atoms with Gasteiger partial charge in [0.25, 0.3) is 10.0 Å². The Morgan fingerprint density at radius 3 is 2.04 bits per heavy atom. The number of amides is 2. The first kappa shape index (κ1) is 34.2. The largest absolute Gasteiger partial charge is 0.497 e. The molecular formula is C37H43N3O5S. The van der Waals surface area contributed by atoms with E-state index < -0.39 is 28.5 Å². The van der Waals surface area contributed by atoms with Crippen LogP contribution >= 0.6 is 0 Å². The average molecular weight is 642 g/mol. The molecule has 242 valence electrons. The van der Waals surface area contributed by atoms with E-state index in [2.05, 4.69) is 5.32 Å². The fraction of sp³-hybridized carbons (Fsp3) is 0.297. The van der Waals surface area contributed by atoms with Gasteiger partial charge in [0.1, 0.15) is 18.3 Å². The number of benzene rings is 4. The van der Waals surface area contributed by atoms with Crippen LogP contribution in [-0.2, 0) is 32.6 Å². The van der Waals surface area contributed by atoms with Gasteiger partial charge in [0.05, 0.1) is 17.7 Å². The third-order valence-electron chi connectivity index (χ3n) is 7.86. The molecule has 0 spiro atoms. The molecule has 4 rings (SSSR count). The minimum atomic E-state index is -4.16. The van der Waals surface area contributed by atoms with Crippen molar-refractivity contribution in [1.29, 1.82) is 0 Å². The van der Waals surface area contributed by atoms with Crippen LogP contribution in [0.2, 0.25) is 0 Å². The normalized spacial score (nSPS) is 12.5. The molecule has 2 amide bonds. The summed E-state index contributed by atoms with van der Waals surface area (Å²) in [5, 5.41) is 3.06. The second-order valence-electron chi connectivity index (χ2n) is 11.6. The Labute approximate surface area is 273 Å². The number of hydrogen-bond donors (Lipinski definition) is 1. The van der Waals surface area contributed by atoms with Crippen LogP contribution in [0.15, 0.2) is 108 Å². The fourth-order valence-electron chi connectivity index (χ4n) is 5.31. The molecule has 0 aliphatic carbocycles. The number of rotatable bonds is 14. The van der Waals surface area contributed by atoms with Crippen molar-refractivity contribution in [2.75, 3.05) is 18.0 Å². The van der Waals surface area contributed by atoms with Crippen LogP contribution in [0.3, 0.4) is 0 Å². The molecule has 9 heteroatoms. The number of aryl methyl sites for hydroxylation is 2. The maximum atomic E-state index is 14.6. The van der Waals surface area contributed by atoms with E-state index >= 15 is 0 Å². The van der Waals surface area contributed by atoms with Gasteiger partial charge in [0.15, 0.2) is 0 Å². The Bertz CT molecular complexity index is 1710. The SMILES string of the molecule is CC[C@@H](C)NC(=O)[C@@H](Cc1ccccc1)N(Cc1cccc(OC)c1)C(=O)CN(c1cc(C)cc(C)c1)S(=O)(=O)c1ccccc1. The molecule has 0 aliphatic heterocycles. The van der Waals surface area contributed by atoms with E-state index in [1.807, 2.05) is 82.3 Å². The zero-order valence-electron chi connectivity index (χ0n) is 27.1. The molecule has 0 fully saturated rings. The number of nitrogens with one attached hydrogen (secondary N) is 1. The summed E-state index contributed by atoms with van der Waals surface area (Å²) in [5.74, 6) is -0.211. The first-order valence-corrected chi connectivity index (χ1v) is 16.9. The number of carbonyl (C=O) groups is 2. The Balaban J connectivity index is 1.83. The molecule has 0 saturated carbocycles. The Kier molecular flexibility index (Phi) is 11.6. The smallest absolute Gasteiger partial charge is 0.264 e. The Hall–Kier alpha value is -4.63. The van der Waals surface area contributed by atoms with Crippen molar-refractivity contribution in [1.82, 2.24) is 10.2 Å². The van der Waals surface area contributed by atoms with Crippen molar-refractivity contribution in [2.24, 2.45) is 0 Å². The minimum Gasteiger partial charge on any atom is -0.497 e. The molecule has 4 aromatic carbocycles. The van der Waals surface area contributed by atoms with E-state index in [0.717, 1.165) is 26.6 Å². The number of sulfonamides is 1. The lowest BCUT2D eigenvalue weighted by molar-refractivity contribution is -0.140.